The second-order valence-corrected chi connectivity index (χ2v) is 6.94. The van der Waals surface area contributed by atoms with Gasteiger partial charge in [0.25, 0.3) is 5.56 Å². The number of aliphatic carboxylic acids is 1. The molecule has 0 fully saturated rings. The minimum Gasteiger partial charge on any atom is -0.497 e. The van der Waals surface area contributed by atoms with E-state index in [2.05, 4.69) is 10.3 Å². The Balaban J connectivity index is 1.73. The maximum Gasteiger partial charge on any atom is 0.312 e. The SMILES string of the molecule is COc1cccc(C=C2CCn3c2nc2cc(NC(=O)CC(=O)O)ccc2c3=O)c1. The number of ether oxygens (including phenoxy) is 1. The van der Waals surface area contributed by atoms with E-state index < -0.39 is 18.3 Å². The third kappa shape index (κ3) is 3.80. The highest BCUT2D eigenvalue weighted by molar-refractivity contribution is 6.02. The van der Waals surface area contributed by atoms with Crippen LogP contribution in [0.4, 0.5) is 5.69 Å². The van der Waals surface area contributed by atoms with Gasteiger partial charge in [-0.2, -0.15) is 0 Å². The fourth-order valence-corrected chi connectivity index (χ4v) is 3.51. The van der Waals surface area contributed by atoms with Crippen LogP contribution in [0.3, 0.4) is 0 Å². The first-order chi connectivity index (χ1) is 14.4. The number of aromatic nitrogens is 2. The number of fused-ring (bicyclic) bond motifs is 2. The van der Waals surface area contributed by atoms with Crippen LogP contribution in [-0.4, -0.2) is 33.6 Å². The zero-order valence-electron chi connectivity index (χ0n) is 16.2. The molecule has 1 amide bonds. The van der Waals surface area contributed by atoms with Crippen molar-refractivity contribution in [2.45, 2.75) is 19.4 Å². The predicted molar refractivity (Wildman–Crippen MR) is 112 cm³/mol. The molecule has 2 N–H and O–H groups in total. The zero-order valence-corrected chi connectivity index (χ0v) is 16.2. The van der Waals surface area contributed by atoms with Gasteiger partial charge in [0.05, 0.1) is 18.0 Å². The van der Waals surface area contributed by atoms with Crippen molar-refractivity contribution < 1.29 is 19.4 Å². The molecule has 4 rings (SSSR count). The summed E-state index contributed by atoms with van der Waals surface area (Å²) in [6.45, 7) is 0.546. The molecule has 1 aliphatic rings. The molecule has 30 heavy (non-hydrogen) atoms. The number of carbonyl (C=O) groups is 2. The van der Waals surface area contributed by atoms with E-state index in [1.54, 1.807) is 29.9 Å². The lowest BCUT2D eigenvalue weighted by Gasteiger charge is -2.08. The molecule has 2 aromatic carbocycles. The second-order valence-electron chi connectivity index (χ2n) is 6.94. The molecule has 0 bridgehead atoms. The molecule has 1 aliphatic heterocycles. The Morgan fingerprint density at radius 2 is 2.10 bits per heavy atom. The second kappa shape index (κ2) is 7.82. The summed E-state index contributed by atoms with van der Waals surface area (Å²) < 4.78 is 6.91. The van der Waals surface area contributed by atoms with Crippen LogP contribution in [0.15, 0.2) is 47.3 Å². The van der Waals surface area contributed by atoms with E-state index in [9.17, 15) is 14.4 Å². The first kappa shape index (κ1) is 19.4. The van der Waals surface area contributed by atoms with Crippen molar-refractivity contribution in [3.63, 3.8) is 0 Å². The molecule has 0 radical (unpaired) electrons. The Bertz CT molecular complexity index is 1260. The molecule has 3 aromatic rings. The minimum atomic E-state index is -1.21. The summed E-state index contributed by atoms with van der Waals surface area (Å²) in [6, 6.07) is 12.4. The summed E-state index contributed by atoms with van der Waals surface area (Å²) in [4.78, 5) is 40.0. The van der Waals surface area contributed by atoms with E-state index in [1.165, 1.54) is 0 Å². The molecule has 152 valence electrons. The maximum atomic E-state index is 12.9. The Morgan fingerprint density at radius 3 is 2.87 bits per heavy atom. The van der Waals surface area contributed by atoms with Gasteiger partial charge in [-0.3, -0.25) is 19.0 Å². The van der Waals surface area contributed by atoms with Crippen LogP contribution in [0.25, 0.3) is 22.6 Å². The van der Waals surface area contributed by atoms with Crippen molar-refractivity contribution in [2.75, 3.05) is 12.4 Å². The lowest BCUT2D eigenvalue weighted by molar-refractivity contribution is -0.139. The lowest BCUT2D eigenvalue weighted by Crippen LogP contribution is -2.21. The Hall–Kier alpha value is -3.94. The van der Waals surface area contributed by atoms with Gasteiger partial charge >= 0.3 is 5.97 Å². The minimum absolute atomic E-state index is 0.146. The number of methoxy groups -OCH3 is 1. The number of nitrogens with zero attached hydrogens (tertiary/aromatic N) is 2. The van der Waals surface area contributed by atoms with Crippen molar-refractivity contribution in [3.05, 3.63) is 64.2 Å². The van der Waals surface area contributed by atoms with E-state index >= 15 is 0 Å². The molecule has 0 saturated heterocycles. The standard InChI is InChI=1S/C22H19N3O5/c1-30-16-4-2-3-13(10-16)9-14-7-8-25-21(14)24-18-11-15(5-6-17(18)22(25)29)23-19(26)12-20(27)28/h2-6,9-11H,7-8,12H2,1H3,(H,23,26)(H,27,28). The van der Waals surface area contributed by atoms with Gasteiger partial charge in [-0.25, -0.2) is 4.98 Å². The zero-order chi connectivity index (χ0) is 21.3. The molecule has 0 spiro atoms. The van der Waals surface area contributed by atoms with Crippen molar-refractivity contribution >= 4 is 40.1 Å². The average molecular weight is 405 g/mol. The normalized spacial score (nSPS) is 14.0. The summed E-state index contributed by atoms with van der Waals surface area (Å²) in [5.74, 6) is -0.523. The van der Waals surface area contributed by atoms with Crippen molar-refractivity contribution in [2.24, 2.45) is 0 Å². The molecule has 0 atom stereocenters. The third-order valence-corrected chi connectivity index (χ3v) is 4.88. The number of hydrogen-bond donors (Lipinski definition) is 2. The van der Waals surface area contributed by atoms with Gasteiger partial charge in [-0.1, -0.05) is 12.1 Å². The highest BCUT2D eigenvalue weighted by Crippen LogP contribution is 2.29. The third-order valence-electron chi connectivity index (χ3n) is 4.88. The summed E-state index contributed by atoms with van der Waals surface area (Å²) in [5.41, 5.74) is 2.57. The first-order valence-corrected chi connectivity index (χ1v) is 9.36. The molecule has 8 nitrogen and oxygen atoms in total. The topological polar surface area (TPSA) is 111 Å². The van der Waals surface area contributed by atoms with Crippen LogP contribution < -0.4 is 15.6 Å². The monoisotopic (exact) mass is 405 g/mol. The van der Waals surface area contributed by atoms with Crippen molar-refractivity contribution in [1.29, 1.82) is 0 Å². The predicted octanol–water partition coefficient (Wildman–Crippen LogP) is 2.76. The van der Waals surface area contributed by atoms with Crippen LogP contribution in [-0.2, 0) is 16.1 Å². The number of allylic oxidation sites excluding steroid dienone is 1. The summed E-state index contributed by atoms with van der Waals surface area (Å²) >= 11 is 0. The van der Waals surface area contributed by atoms with E-state index in [0.717, 1.165) is 16.9 Å². The van der Waals surface area contributed by atoms with Crippen LogP contribution in [0.5, 0.6) is 5.75 Å². The molecule has 0 saturated carbocycles. The maximum absolute atomic E-state index is 12.9. The van der Waals surface area contributed by atoms with Crippen molar-refractivity contribution in [3.8, 4) is 5.75 Å². The number of carbonyl (C=O) groups excluding carboxylic acids is 1. The van der Waals surface area contributed by atoms with Gasteiger partial charge < -0.3 is 15.2 Å². The Kier molecular flexibility index (Phi) is 5.05. The highest BCUT2D eigenvalue weighted by Gasteiger charge is 2.21. The molecule has 1 aromatic heterocycles. The smallest absolute Gasteiger partial charge is 0.312 e. The summed E-state index contributed by atoms with van der Waals surface area (Å²) in [6.07, 6.45) is 2.03. The largest absolute Gasteiger partial charge is 0.497 e. The lowest BCUT2D eigenvalue weighted by atomic mass is 10.1. The van der Waals surface area contributed by atoms with Gasteiger partial charge in [0, 0.05) is 12.2 Å². The number of rotatable bonds is 5. The fourth-order valence-electron chi connectivity index (χ4n) is 3.51. The number of carboxylic acid groups (broad SMARTS) is 1. The van der Waals surface area contributed by atoms with E-state index in [4.69, 9.17) is 9.84 Å². The van der Waals surface area contributed by atoms with E-state index in [0.29, 0.717) is 35.4 Å². The number of benzene rings is 2. The average Bonchev–Trinajstić information content (AvgIpc) is 3.10. The van der Waals surface area contributed by atoms with E-state index in [1.807, 2.05) is 30.3 Å². The van der Waals surface area contributed by atoms with Crippen LogP contribution in [0.2, 0.25) is 0 Å². The molecule has 0 unspecified atom stereocenters. The van der Waals surface area contributed by atoms with Gasteiger partial charge in [0.2, 0.25) is 5.91 Å². The Labute approximate surface area is 171 Å². The molecule has 0 aliphatic carbocycles. The Morgan fingerprint density at radius 1 is 1.27 bits per heavy atom. The number of hydrogen-bond acceptors (Lipinski definition) is 5. The van der Waals surface area contributed by atoms with Crippen LogP contribution in [0, 0.1) is 0 Å². The van der Waals surface area contributed by atoms with E-state index in [-0.39, 0.29) is 5.56 Å². The van der Waals surface area contributed by atoms with Gasteiger partial charge in [0.15, 0.2) is 0 Å². The summed E-state index contributed by atoms with van der Waals surface area (Å²) in [7, 11) is 1.61. The van der Waals surface area contributed by atoms with Gasteiger partial charge in [-0.05, 0) is 54.0 Å². The number of anilines is 1. The molecular weight excluding hydrogens is 386 g/mol. The first-order valence-electron chi connectivity index (χ1n) is 9.36. The molecule has 2 heterocycles. The van der Waals surface area contributed by atoms with Gasteiger partial charge in [0.1, 0.15) is 18.0 Å². The molecular formula is C22H19N3O5. The quantitative estimate of drug-likeness (QED) is 0.632. The summed E-state index contributed by atoms with van der Waals surface area (Å²) in [5, 5.41) is 11.7. The van der Waals surface area contributed by atoms with Crippen molar-refractivity contribution in [1.82, 2.24) is 9.55 Å². The molecule has 8 heteroatoms. The highest BCUT2D eigenvalue weighted by atomic mass is 16.5. The fraction of sp³-hybridized carbons (Fsp3) is 0.182. The van der Waals surface area contributed by atoms with Crippen LogP contribution in [0.1, 0.15) is 24.2 Å². The number of nitrogens with one attached hydrogen (secondary N) is 1. The van der Waals surface area contributed by atoms with Crippen LogP contribution >= 0.6 is 0 Å². The number of carboxylic acids is 1. The van der Waals surface area contributed by atoms with Gasteiger partial charge in [-0.15, -0.1) is 0 Å². The number of amides is 1.